The molecule has 3 aliphatic rings. The summed E-state index contributed by atoms with van der Waals surface area (Å²) in [7, 11) is 0. The lowest BCUT2D eigenvalue weighted by Crippen LogP contribution is -2.58. The fourth-order valence-electron chi connectivity index (χ4n) is 3.95. The SMILES string of the molecule is Cc1ccc(-c2ccc(O[C@@H]3C4CCN(CC4)[C@H]3C)nn2)c(F)c1. The number of ether oxygens (including phenoxy) is 1. The average Bonchev–Trinajstić information content (AvgIpc) is 2.59. The molecule has 0 unspecified atom stereocenters. The topological polar surface area (TPSA) is 38.2 Å². The lowest BCUT2D eigenvalue weighted by molar-refractivity contribution is -0.0528. The van der Waals surface area contributed by atoms with Crippen LogP contribution >= 0.6 is 0 Å². The summed E-state index contributed by atoms with van der Waals surface area (Å²) in [5.41, 5.74) is 1.89. The molecule has 5 heteroatoms. The van der Waals surface area contributed by atoms with Crippen molar-refractivity contribution in [2.75, 3.05) is 13.1 Å². The first-order chi connectivity index (χ1) is 11.6. The van der Waals surface area contributed by atoms with Crippen LogP contribution in [0.25, 0.3) is 11.3 Å². The van der Waals surface area contributed by atoms with Crippen molar-refractivity contribution in [3.05, 3.63) is 41.7 Å². The summed E-state index contributed by atoms with van der Waals surface area (Å²) >= 11 is 0. The van der Waals surface area contributed by atoms with Crippen molar-refractivity contribution in [3.8, 4) is 17.1 Å². The molecule has 1 aromatic heterocycles. The van der Waals surface area contributed by atoms with Crippen molar-refractivity contribution in [3.63, 3.8) is 0 Å². The molecule has 5 rings (SSSR count). The van der Waals surface area contributed by atoms with Gasteiger partial charge in [0.25, 0.3) is 0 Å². The van der Waals surface area contributed by atoms with Gasteiger partial charge in [-0.25, -0.2) is 4.39 Å². The summed E-state index contributed by atoms with van der Waals surface area (Å²) in [5, 5.41) is 8.34. The van der Waals surface area contributed by atoms with Gasteiger partial charge in [0, 0.05) is 17.7 Å². The van der Waals surface area contributed by atoms with Crippen LogP contribution in [0.2, 0.25) is 0 Å². The highest BCUT2D eigenvalue weighted by molar-refractivity contribution is 5.59. The first-order valence-corrected chi connectivity index (χ1v) is 8.63. The third-order valence-electron chi connectivity index (χ3n) is 5.39. The van der Waals surface area contributed by atoms with Gasteiger partial charge in [-0.05, 0) is 69.5 Å². The molecule has 2 aromatic rings. The zero-order valence-electron chi connectivity index (χ0n) is 14.1. The highest BCUT2D eigenvalue weighted by Gasteiger charge is 2.41. The Hall–Kier alpha value is -2.01. The molecule has 0 aliphatic carbocycles. The van der Waals surface area contributed by atoms with E-state index in [9.17, 15) is 4.39 Å². The van der Waals surface area contributed by atoms with Crippen LogP contribution in [-0.4, -0.2) is 40.3 Å². The molecule has 0 saturated carbocycles. The van der Waals surface area contributed by atoms with E-state index in [0.29, 0.717) is 29.1 Å². The second-order valence-corrected chi connectivity index (χ2v) is 6.94. The molecule has 1 aromatic carbocycles. The van der Waals surface area contributed by atoms with E-state index in [1.165, 1.54) is 32.0 Å². The molecule has 2 bridgehead atoms. The van der Waals surface area contributed by atoms with Crippen LogP contribution in [-0.2, 0) is 0 Å². The van der Waals surface area contributed by atoms with E-state index < -0.39 is 0 Å². The van der Waals surface area contributed by atoms with Crippen LogP contribution < -0.4 is 4.74 Å². The number of aromatic nitrogens is 2. The van der Waals surface area contributed by atoms with Gasteiger partial charge in [0.15, 0.2) is 0 Å². The minimum absolute atomic E-state index is 0.170. The maximum atomic E-state index is 14.1. The van der Waals surface area contributed by atoms with Crippen LogP contribution in [0, 0.1) is 18.7 Å². The predicted octanol–water partition coefficient (Wildman–Crippen LogP) is 3.45. The molecule has 4 heterocycles. The number of benzene rings is 1. The third-order valence-corrected chi connectivity index (χ3v) is 5.39. The van der Waals surface area contributed by atoms with Gasteiger partial charge < -0.3 is 4.74 Å². The van der Waals surface area contributed by atoms with Crippen LogP contribution in [0.4, 0.5) is 4.39 Å². The van der Waals surface area contributed by atoms with Gasteiger partial charge in [-0.3, -0.25) is 4.90 Å². The van der Waals surface area contributed by atoms with Gasteiger partial charge >= 0.3 is 0 Å². The molecule has 0 N–H and O–H groups in total. The molecule has 4 nitrogen and oxygen atoms in total. The quantitative estimate of drug-likeness (QED) is 0.865. The average molecular weight is 327 g/mol. The minimum atomic E-state index is -0.274. The highest BCUT2D eigenvalue weighted by Crippen LogP contribution is 2.34. The Labute approximate surface area is 141 Å². The van der Waals surface area contributed by atoms with E-state index in [4.69, 9.17) is 4.74 Å². The Bertz CT molecular complexity index is 724. The van der Waals surface area contributed by atoms with Gasteiger partial charge in [-0.15, -0.1) is 10.2 Å². The molecule has 3 fully saturated rings. The molecule has 3 aliphatic heterocycles. The fourth-order valence-corrected chi connectivity index (χ4v) is 3.95. The molecule has 2 atom stereocenters. The Balaban J connectivity index is 1.52. The normalized spacial score (nSPS) is 28.8. The molecule has 3 saturated heterocycles. The second kappa shape index (κ2) is 6.13. The molecule has 0 spiro atoms. The zero-order chi connectivity index (χ0) is 16.7. The van der Waals surface area contributed by atoms with E-state index in [-0.39, 0.29) is 11.9 Å². The van der Waals surface area contributed by atoms with Crippen LogP contribution in [0.3, 0.4) is 0 Å². The number of aryl methyl sites for hydroxylation is 1. The first-order valence-electron chi connectivity index (χ1n) is 8.63. The molecule has 126 valence electrons. The van der Waals surface area contributed by atoms with Gasteiger partial charge in [0.05, 0.1) is 5.69 Å². The minimum Gasteiger partial charge on any atom is -0.471 e. The Morgan fingerprint density at radius 3 is 2.54 bits per heavy atom. The van der Waals surface area contributed by atoms with Crippen molar-refractivity contribution in [2.24, 2.45) is 5.92 Å². The number of halogens is 1. The summed E-state index contributed by atoms with van der Waals surface area (Å²) in [5.74, 6) is 0.849. The summed E-state index contributed by atoms with van der Waals surface area (Å²) in [6.45, 7) is 6.43. The van der Waals surface area contributed by atoms with Gasteiger partial charge in [-0.2, -0.15) is 0 Å². The molecule has 0 radical (unpaired) electrons. The zero-order valence-corrected chi connectivity index (χ0v) is 14.1. The van der Waals surface area contributed by atoms with Crippen molar-refractivity contribution >= 4 is 0 Å². The Kier molecular flexibility index (Phi) is 3.96. The van der Waals surface area contributed by atoms with Crippen molar-refractivity contribution < 1.29 is 9.13 Å². The molecule has 0 amide bonds. The van der Waals surface area contributed by atoms with E-state index in [2.05, 4.69) is 22.0 Å². The summed E-state index contributed by atoms with van der Waals surface area (Å²) in [6.07, 6.45) is 2.55. The van der Waals surface area contributed by atoms with Gasteiger partial charge in [0.1, 0.15) is 11.9 Å². The number of nitrogens with zero attached hydrogens (tertiary/aromatic N) is 3. The molecular formula is C19H22FN3O. The van der Waals surface area contributed by atoms with E-state index in [1.807, 2.05) is 13.0 Å². The Morgan fingerprint density at radius 2 is 1.92 bits per heavy atom. The summed E-state index contributed by atoms with van der Waals surface area (Å²) < 4.78 is 20.2. The number of hydrogen-bond donors (Lipinski definition) is 0. The van der Waals surface area contributed by atoms with Crippen LogP contribution in [0.15, 0.2) is 30.3 Å². The maximum Gasteiger partial charge on any atom is 0.233 e. The molecular weight excluding hydrogens is 305 g/mol. The Morgan fingerprint density at radius 1 is 1.12 bits per heavy atom. The number of fused-ring (bicyclic) bond motifs is 3. The first kappa shape index (κ1) is 15.5. The standard InChI is InChI=1S/C19H22FN3O/c1-12-3-4-15(16(20)11-12)17-5-6-18(22-21-17)24-19-13(2)23-9-7-14(19)8-10-23/h3-6,11,13-14,19H,7-10H2,1-2H3/t13-,19-/m0/s1. The van der Waals surface area contributed by atoms with E-state index in [1.54, 1.807) is 18.2 Å². The smallest absolute Gasteiger partial charge is 0.233 e. The summed E-state index contributed by atoms with van der Waals surface area (Å²) in [6, 6.07) is 9.11. The van der Waals surface area contributed by atoms with Crippen LogP contribution in [0.1, 0.15) is 25.3 Å². The number of rotatable bonds is 3. The fraction of sp³-hybridized carbons (Fsp3) is 0.474. The van der Waals surface area contributed by atoms with E-state index >= 15 is 0 Å². The van der Waals surface area contributed by atoms with Crippen molar-refractivity contribution in [1.29, 1.82) is 0 Å². The second-order valence-electron chi connectivity index (χ2n) is 6.94. The highest BCUT2D eigenvalue weighted by atomic mass is 19.1. The van der Waals surface area contributed by atoms with Gasteiger partial charge in [-0.1, -0.05) is 6.07 Å². The van der Waals surface area contributed by atoms with Crippen LogP contribution in [0.5, 0.6) is 5.88 Å². The maximum absolute atomic E-state index is 14.1. The van der Waals surface area contributed by atoms with Gasteiger partial charge in [0.2, 0.25) is 5.88 Å². The third kappa shape index (κ3) is 2.77. The number of hydrogen-bond acceptors (Lipinski definition) is 4. The van der Waals surface area contributed by atoms with Crippen molar-refractivity contribution in [2.45, 2.75) is 38.8 Å². The predicted molar refractivity (Wildman–Crippen MR) is 90.3 cm³/mol. The monoisotopic (exact) mass is 327 g/mol. The molecule has 24 heavy (non-hydrogen) atoms. The lowest BCUT2D eigenvalue weighted by atomic mass is 9.81. The lowest BCUT2D eigenvalue weighted by Gasteiger charge is -2.48. The van der Waals surface area contributed by atoms with Crippen molar-refractivity contribution in [1.82, 2.24) is 15.1 Å². The number of piperidine rings is 3. The largest absolute Gasteiger partial charge is 0.471 e. The van der Waals surface area contributed by atoms with E-state index in [0.717, 1.165) is 5.56 Å². The summed E-state index contributed by atoms with van der Waals surface area (Å²) in [4.78, 5) is 2.48.